The molecule has 0 amide bonds. The van der Waals surface area contributed by atoms with Gasteiger partial charge in [-0.2, -0.15) is 0 Å². The smallest absolute Gasteiger partial charge is 0.216 e. The van der Waals surface area contributed by atoms with Crippen molar-refractivity contribution >= 4 is 43.5 Å². The van der Waals surface area contributed by atoms with Crippen LogP contribution in [0.2, 0.25) is 0 Å². The van der Waals surface area contributed by atoms with E-state index in [1.54, 1.807) is 0 Å². The zero-order valence-electron chi connectivity index (χ0n) is 16.4. The highest BCUT2D eigenvalue weighted by Crippen LogP contribution is 2.41. The Morgan fingerprint density at radius 2 is 1.48 bits per heavy atom. The molecule has 0 aliphatic rings. The third-order valence-electron chi connectivity index (χ3n) is 6.05. The molecule has 2 nitrogen and oxygen atoms in total. The maximum atomic E-state index is 6.48. The van der Waals surface area contributed by atoms with Crippen molar-refractivity contribution < 1.29 is 8.98 Å². The summed E-state index contributed by atoms with van der Waals surface area (Å²) >= 11 is 0. The molecule has 0 saturated carbocycles. The number of fused-ring (bicyclic) bond motifs is 7. The molecule has 6 rings (SSSR count). The summed E-state index contributed by atoms with van der Waals surface area (Å²) in [5.41, 5.74) is 5.43. The van der Waals surface area contributed by atoms with Crippen LogP contribution >= 0.6 is 0 Å². The molecule has 0 atom stereocenters. The van der Waals surface area contributed by atoms with Gasteiger partial charge in [-0.25, -0.2) is 4.57 Å². The number of rotatable bonds is 1. The lowest BCUT2D eigenvalue weighted by atomic mass is 9.96. The van der Waals surface area contributed by atoms with Crippen molar-refractivity contribution in [3.63, 3.8) is 0 Å². The zero-order valence-corrected chi connectivity index (χ0v) is 16.4. The number of nitrogens with zero attached hydrogens (tertiary/aromatic N) is 1. The van der Waals surface area contributed by atoms with Gasteiger partial charge in [0.15, 0.2) is 6.20 Å². The highest BCUT2D eigenvalue weighted by atomic mass is 16.3. The number of hydrogen-bond acceptors (Lipinski definition) is 1. The van der Waals surface area contributed by atoms with Crippen molar-refractivity contribution in [3.05, 3.63) is 90.6 Å². The molecule has 29 heavy (non-hydrogen) atoms. The second-order valence-electron chi connectivity index (χ2n) is 7.75. The van der Waals surface area contributed by atoms with E-state index in [1.807, 2.05) is 0 Å². The molecule has 0 aliphatic carbocycles. The minimum atomic E-state index is 0.938. The molecule has 0 saturated heterocycles. The number of aromatic nitrogens is 1. The average molecular weight is 374 g/mol. The lowest BCUT2D eigenvalue weighted by Gasteiger charge is -2.06. The van der Waals surface area contributed by atoms with Gasteiger partial charge in [-0.1, -0.05) is 54.6 Å². The Morgan fingerprint density at radius 3 is 2.38 bits per heavy atom. The van der Waals surface area contributed by atoms with Gasteiger partial charge in [0.05, 0.1) is 5.56 Å². The highest BCUT2D eigenvalue weighted by Gasteiger charge is 2.21. The Hall–Kier alpha value is -3.65. The van der Waals surface area contributed by atoms with E-state index in [0.29, 0.717) is 0 Å². The summed E-state index contributed by atoms with van der Waals surface area (Å²) < 4.78 is 8.63. The summed E-state index contributed by atoms with van der Waals surface area (Å²) in [6.45, 7) is 2.15. The van der Waals surface area contributed by atoms with Gasteiger partial charge in [0.2, 0.25) is 5.69 Å². The SMILES string of the molecule is Cc1ccc2c(oc3ccc4c5ccccc5ccc4c32)c1-c1cccc[n+]1C. The van der Waals surface area contributed by atoms with Gasteiger partial charge < -0.3 is 4.42 Å². The van der Waals surface area contributed by atoms with Crippen LogP contribution in [0.25, 0.3) is 54.7 Å². The van der Waals surface area contributed by atoms with Crippen LogP contribution in [0.1, 0.15) is 5.56 Å². The molecule has 2 heterocycles. The highest BCUT2D eigenvalue weighted by molar-refractivity contribution is 6.24. The molecule has 4 aromatic carbocycles. The Balaban J connectivity index is 1.80. The van der Waals surface area contributed by atoms with Crippen molar-refractivity contribution in [3.8, 4) is 11.3 Å². The lowest BCUT2D eigenvalue weighted by molar-refractivity contribution is -0.660. The third kappa shape index (κ3) is 2.26. The van der Waals surface area contributed by atoms with Crippen molar-refractivity contribution in [1.29, 1.82) is 0 Å². The van der Waals surface area contributed by atoms with Crippen LogP contribution in [0.3, 0.4) is 0 Å². The molecular weight excluding hydrogens is 354 g/mol. The lowest BCUT2D eigenvalue weighted by Crippen LogP contribution is -2.30. The van der Waals surface area contributed by atoms with Crippen LogP contribution in [-0.4, -0.2) is 0 Å². The molecule has 0 N–H and O–H groups in total. The monoisotopic (exact) mass is 374 g/mol. The third-order valence-corrected chi connectivity index (χ3v) is 6.05. The van der Waals surface area contributed by atoms with Gasteiger partial charge in [0, 0.05) is 22.9 Å². The summed E-state index contributed by atoms with van der Waals surface area (Å²) in [5.74, 6) is 0. The molecule has 0 spiro atoms. The van der Waals surface area contributed by atoms with Crippen LogP contribution in [0, 0.1) is 6.92 Å². The largest absolute Gasteiger partial charge is 0.455 e. The number of aryl methyl sites for hydroxylation is 2. The summed E-state index contributed by atoms with van der Waals surface area (Å²) in [4.78, 5) is 0. The predicted octanol–water partition coefficient (Wildman–Crippen LogP) is 6.69. The van der Waals surface area contributed by atoms with E-state index in [4.69, 9.17) is 4.42 Å². The van der Waals surface area contributed by atoms with Gasteiger partial charge in [0.25, 0.3) is 0 Å². The van der Waals surface area contributed by atoms with E-state index in [2.05, 4.69) is 104 Å². The van der Waals surface area contributed by atoms with Crippen LogP contribution in [0.15, 0.2) is 89.5 Å². The number of hydrogen-bond donors (Lipinski definition) is 0. The van der Waals surface area contributed by atoms with Crippen molar-refractivity contribution in [2.75, 3.05) is 0 Å². The van der Waals surface area contributed by atoms with E-state index in [9.17, 15) is 0 Å². The molecule has 0 unspecified atom stereocenters. The maximum Gasteiger partial charge on any atom is 0.216 e. The standard InChI is InChI=1S/C27H20NO/c1-17-10-12-22-26-21-13-11-18-7-3-4-8-19(18)20(21)14-15-24(26)29-27(22)25(17)23-9-5-6-16-28(23)2/h3-16H,1-2H3/q+1. The molecule has 138 valence electrons. The fourth-order valence-corrected chi connectivity index (χ4v) is 4.63. The Labute approximate surface area is 168 Å². The van der Waals surface area contributed by atoms with Crippen LogP contribution in [0.5, 0.6) is 0 Å². The van der Waals surface area contributed by atoms with Crippen LogP contribution in [-0.2, 0) is 7.05 Å². The van der Waals surface area contributed by atoms with E-state index >= 15 is 0 Å². The van der Waals surface area contributed by atoms with Crippen molar-refractivity contribution in [1.82, 2.24) is 0 Å². The van der Waals surface area contributed by atoms with Gasteiger partial charge in [-0.05, 0) is 46.2 Å². The van der Waals surface area contributed by atoms with E-state index in [1.165, 1.54) is 37.9 Å². The van der Waals surface area contributed by atoms with Crippen molar-refractivity contribution in [2.45, 2.75) is 6.92 Å². The Kier molecular flexibility index (Phi) is 3.33. The maximum absolute atomic E-state index is 6.48. The molecule has 0 fully saturated rings. The fourth-order valence-electron chi connectivity index (χ4n) is 4.63. The number of benzene rings is 4. The molecule has 0 bridgehead atoms. The Bertz CT molecular complexity index is 1570. The first-order valence-electron chi connectivity index (χ1n) is 9.94. The first-order valence-corrected chi connectivity index (χ1v) is 9.94. The predicted molar refractivity (Wildman–Crippen MR) is 120 cm³/mol. The van der Waals surface area contributed by atoms with Crippen LogP contribution in [0.4, 0.5) is 0 Å². The van der Waals surface area contributed by atoms with Gasteiger partial charge in [-0.15, -0.1) is 0 Å². The summed E-state index contributed by atoms with van der Waals surface area (Å²) in [7, 11) is 2.08. The van der Waals surface area contributed by atoms with Crippen molar-refractivity contribution in [2.24, 2.45) is 7.05 Å². The molecule has 0 aliphatic heterocycles. The van der Waals surface area contributed by atoms with E-state index in [-0.39, 0.29) is 0 Å². The minimum absolute atomic E-state index is 0.938. The molecule has 0 radical (unpaired) electrons. The summed E-state index contributed by atoms with van der Waals surface area (Å²) in [5, 5.41) is 7.43. The molecular formula is C27H20NO+. The normalized spacial score (nSPS) is 11.8. The molecule has 6 aromatic rings. The van der Waals surface area contributed by atoms with Gasteiger partial charge in [0.1, 0.15) is 18.2 Å². The summed E-state index contributed by atoms with van der Waals surface area (Å²) in [6.07, 6.45) is 2.08. The van der Waals surface area contributed by atoms with E-state index in [0.717, 1.165) is 22.4 Å². The molecule has 2 aromatic heterocycles. The topological polar surface area (TPSA) is 17.0 Å². The number of furan rings is 1. The fraction of sp³-hybridized carbons (Fsp3) is 0.0741. The first-order chi connectivity index (χ1) is 14.2. The quantitative estimate of drug-likeness (QED) is 0.231. The van der Waals surface area contributed by atoms with E-state index < -0.39 is 0 Å². The first kappa shape index (κ1) is 16.3. The van der Waals surface area contributed by atoms with Gasteiger partial charge in [-0.3, -0.25) is 0 Å². The second kappa shape index (κ2) is 5.92. The zero-order chi connectivity index (χ0) is 19.5. The average Bonchev–Trinajstić information content (AvgIpc) is 3.13. The van der Waals surface area contributed by atoms with Gasteiger partial charge >= 0.3 is 0 Å². The summed E-state index contributed by atoms with van der Waals surface area (Å²) in [6, 6.07) is 28.0. The molecule has 2 heteroatoms. The number of pyridine rings is 1. The second-order valence-corrected chi connectivity index (χ2v) is 7.75. The minimum Gasteiger partial charge on any atom is -0.455 e. The Morgan fingerprint density at radius 1 is 0.690 bits per heavy atom. The van der Waals surface area contributed by atoms with Crippen LogP contribution < -0.4 is 4.57 Å².